The molecule has 0 aliphatic carbocycles. The molecule has 0 aliphatic heterocycles. The van der Waals surface area contributed by atoms with Gasteiger partial charge < -0.3 is 9.52 Å². The summed E-state index contributed by atoms with van der Waals surface area (Å²) in [4.78, 5) is 0. The molecule has 0 saturated heterocycles. The first kappa shape index (κ1) is 9.99. The number of aliphatic hydroxyl groups is 1. The molecule has 15 heavy (non-hydrogen) atoms. The topological polar surface area (TPSA) is 33.4 Å². The smallest absolute Gasteiger partial charge is 0.129 e. The van der Waals surface area contributed by atoms with Crippen LogP contribution in [0.25, 0.3) is 0 Å². The first-order valence-corrected chi connectivity index (χ1v) is 5.00. The summed E-state index contributed by atoms with van der Waals surface area (Å²) in [5.41, 5.74) is 3.63. The Hall–Kier alpha value is -1.54. The summed E-state index contributed by atoms with van der Waals surface area (Å²) in [6.07, 6.45) is 2.55. The zero-order chi connectivity index (χ0) is 10.7. The van der Waals surface area contributed by atoms with Gasteiger partial charge in [-0.3, -0.25) is 0 Å². The van der Waals surface area contributed by atoms with E-state index >= 15 is 0 Å². The minimum atomic E-state index is -0.0339. The van der Waals surface area contributed by atoms with Gasteiger partial charge in [0, 0.05) is 6.42 Å². The molecule has 0 spiro atoms. The fraction of sp³-hybridized carbons (Fsp3) is 0.231. The van der Waals surface area contributed by atoms with E-state index in [1.54, 1.807) is 6.26 Å². The van der Waals surface area contributed by atoms with Crippen molar-refractivity contribution in [2.75, 3.05) is 0 Å². The maximum Gasteiger partial charge on any atom is 0.129 e. The number of hydrogen-bond donors (Lipinski definition) is 1. The predicted octanol–water partition coefficient (Wildman–Crippen LogP) is 2.67. The van der Waals surface area contributed by atoms with E-state index in [-0.39, 0.29) is 6.61 Å². The lowest BCUT2D eigenvalue weighted by molar-refractivity contribution is 0.247. The SMILES string of the molecule is Cc1cccc(Cc2coc(CO)c2)c1. The van der Waals surface area contributed by atoms with Crippen LogP contribution in [0.1, 0.15) is 22.5 Å². The van der Waals surface area contributed by atoms with Gasteiger partial charge in [0.1, 0.15) is 12.4 Å². The molecule has 0 amide bonds. The maximum absolute atomic E-state index is 8.87. The van der Waals surface area contributed by atoms with Crippen LogP contribution in [-0.2, 0) is 13.0 Å². The summed E-state index contributed by atoms with van der Waals surface area (Å²) in [5.74, 6) is 0.623. The number of aliphatic hydroxyl groups excluding tert-OH is 1. The van der Waals surface area contributed by atoms with E-state index in [1.807, 2.05) is 6.07 Å². The molecule has 0 fully saturated rings. The van der Waals surface area contributed by atoms with Crippen LogP contribution < -0.4 is 0 Å². The van der Waals surface area contributed by atoms with Crippen molar-refractivity contribution in [2.45, 2.75) is 20.0 Å². The van der Waals surface area contributed by atoms with E-state index in [1.165, 1.54) is 11.1 Å². The molecule has 0 radical (unpaired) electrons. The van der Waals surface area contributed by atoms with E-state index in [9.17, 15) is 0 Å². The van der Waals surface area contributed by atoms with Gasteiger partial charge in [-0.05, 0) is 24.1 Å². The molecular weight excluding hydrogens is 188 g/mol. The summed E-state index contributed by atoms with van der Waals surface area (Å²) in [6, 6.07) is 10.3. The highest BCUT2D eigenvalue weighted by Gasteiger charge is 2.01. The predicted molar refractivity (Wildman–Crippen MR) is 58.6 cm³/mol. The molecule has 2 nitrogen and oxygen atoms in total. The van der Waals surface area contributed by atoms with E-state index in [4.69, 9.17) is 9.52 Å². The normalized spacial score (nSPS) is 10.5. The van der Waals surface area contributed by atoms with Crippen molar-refractivity contribution >= 4 is 0 Å². The summed E-state index contributed by atoms with van der Waals surface area (Å²) >= 11 is 0. The van der Waals surface area contributed by atoms with Crippen molar-refractivity contribution < 1.29 is 9.52 Å². The van der Waals surface area contributed by atoms with Crippen LogP contribution >= 0.6 is 0 Å². The number of benzene rings is 1. The Balaban J connectivity index is 2.14. The molecular formula is C13H14O2. The van der Waals surface area contributed by atoms with Crippen LogP contribution in [0.2, 0.25) is 0 Å². The van der Waals surface area contributed by atoms with Crippen LogP contribution in [0.5, 0.6) is 0 Å². The van der Waals surface area contributed by atoms with E-state index in [0.717, 1.165) is 12.0 Å². The first-order valence-electron chi connectivity index (χ1n) is 5.00. The van der Waals surface area contributed by atoms with Crippen molar-refractivity contribution in [3.05, 3.63) is 59.0 Å². The van der Waals surface area contributed by atoms with Gasteiger partial charge in [0.05, 0.1) is 6.26 Å². The summed E-state index contributed by atoms with van der Waals surface area (Å²) in [5, 5.41) is 8.87. The second kappa shape index (κ2) is 4.32. The standard InChI is InChI=1S/C13H14O2/c1-10-3-2-4-11(5-10)6-12-7-13(8-14)15-9-12/h2-5,7,9,14H,6,8H2,1H3. The third kappa shape index (κ3) is 2.48. The molecule has 0 aliphatic rings. The molecule has 0 unspecified atom stereocenters. The maximum atomic E-state index is 8.87. The highest BCUT2D eigenvalue weighted by molar-refractivity contribution is 5.28. The lowest BCUT2D eigenvalue weighted by atomic mass is 10.1. The fourth-order valence-electron chi connectivity index (χ4n) is 1.66. The second-order valence-electron chi connectivity index (χ2n) is 3.75. The molecule has 78 valence electrons. The minimum Gasteiger partial charge on any atom is -0.467 e. The molecule has 1 aromatic heterocycles. The van der Waals surface area contributed by atoms with Gasteiger partial charge in [0.15, 0.2) is 0 Å². The quantitative estimate of drug-likeness (QED) is 0.830. The van der Waals surface area contributed by atoms with Crippen LogP contribution in [0.3, 0.4) is 0 Å². The van der Waals surface area contributed by atoms with Crippen LogP contribution in [-0.4, -0.2) is 5.11 Å². The van der Waals surface area contributed by atoms with Crippen LogP contribution in [0, 0.1) is 6.92 Å². The Morgan fingerprint density at radius 1 is 1.20 bits per heavy atom. The van der Waals surface area contributed by atoms with Crippen molar-refractivity contribution in [1.82, 2.24) is 0 Å². The first-order chi connectivity index (χ1) is 7.28. The van der Waals surface area contributed by atoms with E-state index in [2.05, 4.69) is 31.2 Å². The number of hydrogen-bond acceptors (Lipinski definition) is 2. The van der Waals surface area contributed by atoms with Crippen LogP contribution in [0.4, 0.5) is 0 Å². The van der Waals surface area contributed by atoms with Crippen molar-refractivity contribution in [1.29, 1.82) is 0 Å². The average molecular weight is 202 g/mol. The molecule has 0 saturated carbocycles. The molecule has 1 N–H and O–H groups in total. The zero-order valence-electron chi connectivity index (χ0n) is 8.73. The van der Waals surface area contributed by atoms with E-state index < -0.39 is 0 Å². The Morgan fingerprint density at radius 2 is 2.07 bits per heavy atom. The lowest BCUT2D eigenvalue weighted by Crippen LogP contribution is -1.86. The Labute approximate surface area is 89.2 Å². The Kier molecular flexibility index (Phi) is 2.88. The third-order valence-corrected chi connectivity index (χ3v) is 2.35. The lowest BCUT2D eigenvalue weighted by Gasteiger charge is -1.99. The molecule has 0 bridgehead atoms. The molecule has 2 aromatic rings. The van der Waals surface area contributed by atoms with Crippen molar-refractivity contribution in [3.8, 4) is 0 Å². The average Bonchev–Trinajstić information content (AvgIpc) is 2.65. The summed E-state index contributed by atoms with van der Waals surface area (Å²) in [7, 11) is 0. The highest BCUT2D eigenvalue weighted by Crippen LogP contribution is 2.14. The Bertz CT molecular complexity index is 443. The van der Waals surface area contributed by atoms with Gasteiger partial charge >= 0.3 is 0 Å². The molecule has 2 heteroatoms. The number of furan rings is 1. The fourth-order valence-corrected chi connectivity index (χ4v) is 1.66. The van der Waals surface area contributed by atoms with Gasteiger partial charge in [0.25, 0.3) is 0 Å². The van der Waals surface area contributed by atoms with Gasteiger partial charge in [-0.25, -0.2) is 0 Å². The Morgan fingerprint density at radius 3 is 2.73 bits per heavy atom. The summed E-state index contributed by atoms with van der Waals surface area (Å²) < 4.78 is 5.17. The monoisotopic (exact) mass is 202 g/mol. The van der Waals surface area contributed by atoms with Gasteiger partial charge in [-0.1, -0.05) is 29.8 Å². The summed E-state index contributed by atoms with van der Waals surface area (Å²) in [6.45, 7) is 2.05. The molecule has 1 heterocycles. The van der Waals surface area contributed by atoms with Crippen molar-refractivity contribution in [3.63, 3.8) is 0 Å². The molecule has 0 atom stereocenters. The number of rotatable bonds is 3. The van der Waals surface area contributed by atoms with Crippen molar-refractivity contribution in [2.24, 2.45) is 0 Å². The van der Waals surface area contributed by atoms with Crippen LogP contribution in [0.15, 0.2) is 41.0 Å². The van der Waals surface area contributed by atoms with E-state index in [0.29, 0.717) is 5.76 Å². The van der Waals surface area contributed by atoms with Gasteiger partial charge in [-0.15, -0.1) is 0 Å². The number of aryl methyl sites for hydroxylation is 1. The second-order valence-corrected chi connectivity index (χ2v) is 3.75. The molecule has 2 rings (SSSR count). The minimum absolute atomic E-state index is 0.0339. The largest absolute Gasteiger partial charge is 0.467 e. The highest BCUT2D eigenvalue weighted by atomic mass is 16.4. The molecule has 1 aromatic carbocycles. The zero-order valence-corrected chi connectivity index (χ0v) is 8.73. The van der Waals surface area contributed by atoms with Gasteiger partial charge in [0.2, 0.25) is 0 Å². The van der Waals surface area contributed by atoms with Gasteiger partial charge in [-0.2, -0.15) is 0 Å². The third-order valence-electron chi connectivity index (χ3n) is 2.35.